The highest BCUT2D eigenvalue weighted by Gasteiger charge is 2.39. The number of hydrogen-bond acceptors (Lipinski definition) is 4. The highest BCUT2D eigenvalue weighted by atomic mass is 32.1. The van der Waals surface area contributed by atoms with E-state index in [0.29, 0.717) is 32.2 Å². The van der Waals surface area contributed by atoms with Gasteiger partial charge in [-0.3, -0.25) is 4.79 Å². The van der Waals surface area contributed by atoms with E-state index in [1.165, 1.54) is 19.3 Å². The van der Waals surface area contributed by atoms with Crippen molar-refractivity contribution in [3.8, 4) is 0 Å². The van der Waals surface area contributed by atoms with Gasteiger partial charge in [-0.05, 0) is 39.5 Å². The quantitative estimate of drug-likeness (QED) is 0.241. The molecule has 0 aliphatic carbocycles. The van der Waals surface area contributed by atoms with E-state index in [4.69, 9.17) is 13.3 Å². The van der Waals surface area contributed by atoms with Crippen LogP contribution in [-0.2, 0) is 18.1 Å². The van der Waals surface area contributed by atoms with Crippen molar-refractivity contribution >= 4 is 26.5 Å². The normalized spacial score (nSPS) is 13.3. The Morgan fingerprint density at radius 3 is 1.87 bits per heavy atom. The van der Waals surface area contributed by atoms with E-state index >= 15 is 0 Å². The molecule has 0 amide bonds. The van der Waals surface area contributed by atoms with E-state index in [1.807, 2.05) is 20.8 Å². The monoisotopic (exact) mass is 364 g/mol. The first-order valence-corrected chi connectivity index (χ1v) is 11.5. The summed E-state index contributed by atoms with van der Waals surface area (Å²) in [6, 6.07) is 0.827. The Labute approximate surface area is 149 Å². The molecule has 4 nitrogen and oxygen atoms in total. The molecule has 1 atom stereocenters. The van der Waals surface area contributed by atoms with Gasteiger partial charge in [0.2, 0.25) is 0 Å². The van der Waals surface area contributed by atoms with Crippen molar-refractivity contribution in [3.05, 3.63) is 0 Å². The highest BCUT2D eigenvalue weighted by Crippen LogP contribution is 2.25. The number of carbonyl (C=O) groups excluding carboxylic acids is 1. The zero-order valence-electron chi connectivity index (χ0n) is 15.4. The Morgan fingerprint density at radius 1 is 0.913 bits per heavy atom. The lowest BCUT2D eigenvalue weighted by atomic mass is 9.94. The van der Waals surface area contributed by atoms with Gasteiger partial charge in [-0.2, -0.15) is 0 Å². The molecule has 23 heavy (non-hydrogen) atoms. The second-order valence-corrected chi connectivity index (χ2v) is 9.06. The summed E-state index contributed by atoms with van der Waals surface area (Å²) in [5.74, 6) is 0.420. The molecule has 0 radical (unpaired) electrons. The molecular formula is C17H36O4SSi. The average Bonchev–Trinajstić information content (AvgIpc) is 2.47. The number of rotatable bonds is 16. The molecule has 6 heteroatoms. The molecule has 0 aliphatic rings. The van der Waals surface area contributed by atoms with Crippen LogP contribution >= 0.6 is 12.6 Å². The van der Waals surface area contributed by atoms with Crippen LogP contribution in [0, 0.1) is 5.92 Å². The Balaban J connectivity index is 4.49. The van der Waals surface area contributed by atoms with Gasteiger partial charge in [-0.1, -0.05) is 32.6 Å². The number of thiol groups is 1. The van der Waals surface area contributed by atoms with Gasteiger partial charge in [0.1, 0.15) is 0 Å². The lowest BCUT2D eigenvalue weighted by molar-refractivity contribution is -0.111. The van der Waals surface area contributed by atoms with Crippen LogP contribution in [0.5, 0.6) is 0 Å². The Kier molecular flexibility index (Phi) is 14.5. The minimum absolute atomic E-state index is 0.00516. The predicted octanol–water partition coefficient (Wildman–Crippen LogP) is 4.86. The standard InChI is InChI=1S/C17H36O4SSi/c1-5-9-10-12-16(15-17(18)22)13-11-14-23(19-6-2,20-7-3)21-8-4/h16H,5-15H2,1-4H3,(H,18,22)/t16-/m0/s1. The van der Waals surface area contributed by atoms with Crippen molar-refractivity contribution in [1.82, 2.24) is 0 Å². The third-order valence-corrected chi connectivity index (χ3v) is 7.20. The van der Waals surface area contributed by atoms with Crippen LogP contribution < -0.4 is 0 Å². The fourth-order valence-electron chi connectivity index (χ4n) is 2.89. The maximum absolute atomic E-state index is 11.4. The third kappa shape index (κ3) is 11.3. The molecule has 0 fully saturated rings. The van der Waals surface area contributed by atoms with Crippen LogP contribution in [0.2, 0.25) is 6.04 Å². The summed E-state index contributed by atoms with van der Waals surface area (Å²) in [7, 11) is -2.54. The van der Waals surface area contributed by atoms with Crippen molar-refractivity contribution in [2.24, 2.45) is 5.92 Å². The summed E-state index contributed by atoms with van der Waals surface area (Å²) >= 11 is 3.96. The van der Waals surface area contributed by atoms with E-state index in [9.17, 15) is 4.79 Å². The molecule has 0 saturated heterocycles. The second kappa shape index (κ2) is 14.5. The Bertz CT molecular complexity index is 285. The topological polar surface area (TPSA) is 44.8 Å². The van der Waals surface area contributed by atoms with E-state index in [0.717, 1.165) is 25.3 Å². The zero-order valence-corrected chi connectivity index (χ0v) is 17.3. The summed E-state index contributed by atoms with van der Waals surface area (Å²) in [5.41, 5.74) is 0. The third-order valence-electron chi connectivity index (χ3n) is 3.87. The molecular weight excluding hydrogens is 328 g/mol. The lowest BCUT2D eigenvalue weighted by Gasteiger charge is -2.29. The summed E-state index contributed by atoms with van der Waals surface area (Å²) in [5, 5.41) is -0.00516. The molecule has 0 aromatic heterocycles. The van der Waals surface area contributed by atoms with Crippen molar-refractivity contribution in [3.63, 3.8) is 0 Å². The second-order valence-electron chi connectivity index (χ2n) is 5.83. The summed E-state index contributed by atoms with van der Waals surface area (Å²) in [6.45, 7) is 9.97. The van der Waals surface area contributed by atoms with Crippen molar-refractivity contribution in [2.45, 2.75) is 78.7 Å². The Hall–Kier alpha value is 0.117. The van der Waals surface area contributed by atoms with Crippen molar-refractivity contribution in [2.75, 3.05) is 19.8 Å². The van der Waals surface area contributed by atoms with Crippen LogP contribution in [0.1, 0.15) is 72.6 Å². The fraction of sp³-hybridized carbons (Fsp3) is 0.941. The van der Waals surface area contributed by atoms with Gasteiger partial charge >= 0.3 is 8.80 Å². The fourth-order valence-corrected chi connectivity index (χ4v) is 5.78. The van der Waals surface area contributed by atoms with Gasteiger partial charge in [0, 0.05) is 32.3 Å². The van der Waals surface area contributed by atoms with Crippen LogP contribution in [0.3, 0.4) is 0 Å². The SMILES string of the molecule is CCCCC[C@@H](CCC[Si](OCC)(OCC)OCC)CC(=O)S. The smallest absolute Gasteiger partial charge is 0.374 e. The maximum Gasteiger partial charge on any atom is 0.500 e. The minimum atomic E-state index is -2.54. The minimum Gasteiger partial charge on any atom is -0.374 e. The first-order chi connectivity index (χ1) is 11.0. The van der Waals surface area contributed by atoms with Gasteiger partial charge in [-0.25, -0.2) is 0 Å². The highest BCUT2D eigenvalue weighted by molar-refractivity contribution is 7.96. The lowest BCUT2D eigenvalue weighted by Crippen LogP contribution is -2.46. The average molecular weight is 365 g/mol. The van der Waals surface area contributed by atoms with Gasteiger partial charge in [0.15, 0.2) is 5.12 Å². The van der Waals surface area contributed by atoms with Crippen LogP contribution in [0.15, 0.2) is 0 Å². The zero-order chi connectivity index (χ0) is 17.6. The molecule has 138 valence electrons. The molecule has 0 bridgehead atoms. The van der Waals surface area contributed by atoms with Crippen molar-refractivity contribution in [1.29, 1.82) is 0 Å². The largest absolute Gasteiger partial charge is 0.500 e. The molecule has 0 saturated carbocycles. The van der Waals surface area contributed by atoms with Gasteiger partial charge < -0.3 is 13.3 Å². The first kappa shape index (κ1) is 23.1. The van der Waals surface area contributed by atoms with Gasteiger partial charge in [0.25, 0.3) is 0 Å². The van der Waals surface area contributed by atoms with E-state index in [1.54, 1.807) is 0 Å². The van der Waals surface area contributed by atoms with Gasteiger partial charge in [-0.15, -0.1) is 12.6 Å². The molecule has 0 aromatic rings. The number of carbonyl (C=O) groups is 1. The van der Waals surface area contributed by atoms with E-state index in [-0.39, 0.29) is 5.12 Å². The van der Waals surface area contributed by atoms with Crippen LogP contribution in [-0.4, -0.2) is 33.7 Å². The van der Waals surface area contributed by atoms with Gasteiger partial charge in [0.05, 0.1) is 0 Å². The number of unbranched alkanes of at least 4 members (excludes halogenated alkanes) is 2. The number of hydrogen-bond donors (Lipinski definition) is 1. The molecule has 0 spiro atoms. The first-order valence-electron chi connectivity index (χ1n) is 9.17. The molecule has 0 unspecified atom stereocenters. The summed E-state index contributed by atoms with van der Waals surface area (Å²) in [6.07, 6.45) is 7.28. The molecule has 0 aromatic carbocycles. The Morgan fingerprint density at radius 2 is 1.43 bits per heavy atom. The molecule has 0 heterocycles. The predicted molar refractivity (Wildman–Crippen MR) is 101 cm³/mol. The van der Waals surface area contributed by atoms with E-state index in [2.05, 4.69) is 19.6 Å². The molecule has 0 rings (SSSR count). The molecule has 0 aliphatic heterocycles. The van der Waals surface area contributed by atoms with Crippen molar-refractivity contribution < 1.29 is 18.1 Å². The molecule has 0 N–H and O–H groups in total. The summed E-state index contributed by atoms with van der Waals surface area (Å²) < 4.78 is 17.7. The van der Waals surface area contributed by atoms with Crippen LogP contribution in [0.25, 0.3) is 0 Å². The maximum atomic E-state index is 11.4. The van der Waals surface area contributed by atoms with E-state index < -0.39 is 8.80 Å². The van der Waals surface area contributed by atoms with Crippen LogP contribution in [0.4, 0.5) is 0 Å². The summed E-state index contributed by atoms with van der Waals surface area (Å²) in [4.78, 5) is 11.4.